The number of phenols is 1. The van der Waals surface area contributed by atoms with Crippen molar-refractivity contribution in [3.63, 3.8) is 0 Å². The van der Waals surface area contributed by atoms with Crippen molar-refractivity contribution < 1.29 is 18.8 Å². The molecular formula is C15H13N3O4. The summed E-state index contributed by atoms with van der Waals surface area (Å²) < 4.78 is 10.2. The zero-order valence-electron chi connectivity index (χ0n) is 11.5. The van der Waals surface area contributed by atoms with Gasteiger partial charge in [0.25, 0.3) is 0 Å². The Bertz CT molecular complexity index is 765. The molecule has 0 fully saturated rings. The Hall–Kier alpha value is -3.09. The first-order valence-corrected chi connectivity index (χ1v) is 6.66. The fourth-order valence-electron chi connectivity index (χ4n) is 1.87. The Morgan fingerprint density at radius 3 is 2.86 bits per heavy atom. The van der Waals surface area contributed by atoms with Crippen LogP contribution in [-0.4, -0.2) is 21.2 Å². The number of furan rings is 1. The topological polar surface area (TPSA) is 101 Å². The van der Waals surface area contributed by atoms with Crippen molar-refractivity contribution in [1.82, 2.24) is 10.1 Å². The summed E-state index contributed by atoms with van der Waals surface area (Å²) in [4.78, 5) is 16.0. The van der Waals surface area contributed by atoms with E-state index in [2.05, 4.69) is 15.5 Å². The van der Waals surface area contributed by atoms with Gasteiger partial charge in [-0.1, -0.05) is 17.3 Å². The van der Waals surface area contributed by atoms with Crippen LogP contribution in [0.5, 0.6) is 5.75 Å². The predicted octanol–water partition coefficient (Wildman–Crippen LogP) is 2.61. The van der Waals surface area contributed by atoms with Crippen LogP contribution in [-0.2, 0) is 11.2 Å². The van der Waals surface area contributed by atoms with Crippen molar-refractivity contribution in [2.24, 2.45) is 0 Å². The number of hydrogen-bond donors (Lipinski definition) is 2. The minimum absolute atomic E-state index is 0.0220. The summed E-state index contributed by atoms with van der Waals surface area (Å²) in [6.45, 7) is 0. The number of carbonyl (C=O) groups excluding carboxylic acids is 1. The molecule has 0 spiro atoms. The van der Waals surface area contributed by atoms with Gasteiger partial charge in [0.1, 0.15) is 5.75 Å². The van der Waals surface area contributed by atoms with Crippen LogP contribution in [0.3, 0.4) is 0 Å². The van der Waals surface area contributed by atoms with Gasteiger partial charge in [0, 0.05) is 12.8 Å². The second kappa shape index (κ2) is 6.13. The average molecular weight is 299 g/mol. The molecule has 22 heavy (non-hydrogen) atoms. The number of aromatic hydroxyl groups is 1. The molecule has 1 aromatic carbocycles. The molecule has 2 heterocycles. The van der Waals surface area contributed by atoms with Crippen molar-refractivity contribution in [2.45, 2.75) is 12.8 Å². The van der Waals surface area contributed by atoms with Gasteiger partial charge < -0.3 is 19.4 Å². The van der Waals surface area contributed by atoms with Gasteiger partial charge in [0.05, 0.1) is 12.0 Å². The van der Waals surface area contributed by atoms with Crippen molar-refractivity contribution in [3.05, 3.63) is 48.6 Å². The second-order valence-corrected chi connectivity index (χ2v) is 4.55. The Kier molecular flexibility index (Phi) is 3.86. The molecule has 0 aliphatic heterocycles. The molecule has 7 heteroatoms. The zero-order chi connectivity index (χ0) is 15.4. The number of anilines is 1. The lowest BCUT2D eigenvalue weighted by atomic mass is 10.2. The highest BCUT2D eigenvalue weighted by molar-refractivity contribution is 5.92. The van der Waals surface area contributed by atoms with Gasteiger partial charge in [-0.25, -0.2) is 0 Å². The van der Waals surface area contributed by atoms with E-state index in [9.17, 15) is 9.90 Å². The first-order valence-electron chi connectivity index (χ1n) is 6.66. The van der Waals surface area contributed by atoms with E-state index in [0.717, 1.165) is 0 Å². The summed E-state index contributed by atoms with van der Waals surface area (Å²) in [5.74, 6) is 0.974. The molecule has 0 aliphatic carbocycles. The lowest BCUT2D eigenvalue weighted by molar-refractivity contribution is -0.116. The standard InChI is InChI=1S/C15H13N3O4/c19-11-5-2-1-4-10(11)16-13(20)7-8-14-17-15(18-22-14)12-6-3-9-21-12/h1-6,9,19H,7-8H2,(H,16,20). The third-order valence-electron chi connectivity index (χ3n) is 2.95. The summed E-state index contributed by atoms with van der Waals surface area (Å²) in [5.41, 5.74) is 0.370. The largest absolute Gasteiger partial charge is 0.506 e. The normalized spacial score (nSPS) is 10.5. The maximum atomic E-state index is 11.8. The van der Waals surface area contributed by atoms with Gasteiger partial charge in [0.2, 0.25) is 17.6 Å². The van der Waals surface area contributed by atoms with E-state index in [4.69, 9.17) is 8.94 Å². The maximum absolute atomic E-state index is 11.8. The Balaban J connectivity index is 1.56. The zero-order valence-corrected chi connectivity index (χ0v) is 11.5. The number of amides is 1. The number of nitrogens with zero attached hydrogens (tertiary/aromatic N) is 2. The van der Waals surface area contributed by atoms with Gasteiger partial charge in [-0.3, -0.25) is 4.79 Å². The highest BCUT2D eigenvalue weighted by Gasteiger charge is 2.13. The van der Waals surface area contributed by atoms with Crippen molar-refractivity contribution in [1.29, 1.82) is 0 Å². The summed E-state index contributed by atoms with van der Waals surface area (Å²) in [7, 11) is 0. The summed E-state index contributed by atoms with van der Waals surface area (Å²) in [6, 6.07) is 9.98. The molecule has 0 atom stereocenters. The van der Waals surface area contributed by atoms with Crippen molar-refractivity contribution in [2.75, 3.05) is 5.32 Å². The van der Waals surface area contributed by atoms with E-state index in [1.165, 1.54) is 12.3 Å². The number of phenolic OH excluding ortho intramolecular Hbond substituents is 1. The maximum Gasteiger partial charge on any atom is 0.238 e. The van der Waals surface area contributed by atoms with E-state index in [-0.39, 0.29) is 18.1 Å². The fourth-order valence-corrected chi connectivity index (χ4v) is 1.87. The smallest absolute Gasteiger partial charge is 0.238 e. The molecule has 112 valence electrons. The molecule has 3 aromatic rings. The molecule has 0 unspecified atom stereocenters. The van der Waals surface area contributed by atoms with Gasteiger partial charge >= 0.3 is 0 Å². The van der Waals surface area contributed by atoms with Gasteiger partial charge in [-0.05, 0) is 24.3 Å². The number of para-hydroxylation sites is 2. The molecule has 0 saturated carbocycles. The van der Waals surface area contributed by atoms with Crippen LogP contribution in [0.15, 0.2) is 51.6 Å². The Morgan fingerprint density at radius 1 is 1.23 bits per heavy atom. The molecule has 0 saturated heterocycles. The number of hydrogen-bond acceptors (Lipinski definition) is 6. The second-order valence-electron chi connectivity index (χ2n) is 4.55. The van der Waals surface area contributed by atoms with Gasteiger partial charge in [-0.2, -0.15) is 4.98 Å². The Labute approximate surface area is 125 Å². The van der Waals surface area contributed by atoms with Crippen LogP contribution in [0.4, 0.5) is 5.69 Å². The predicted molar refractivity (Wildman–Crippen MR) is 77.1 cm³/mol. The van der Waals surface area contributed by atoms with Crippen LogP contribution in [0.1, 0.15) is 12.3 Å². The van der Waals surface area contributed by atoms with Crippen LogP contribution in [0, 0.1) is 0 Å². The van der Waals surface area contributed by atoms with E-state index in [1.54, 1.807) is 30.3 Å². The minimum atomic E-state index is -0.251. The third-order valence-corrected chi connectivity index (χ3v) is 2.95. The number of aromatic nitrogens is 2. The summed E-state index contributed by atoms with van der Waals surface area (Å²) in [6.07, 6.45) is 1.98. The summed E-state index contributed by atoms with van der Waals surface area (Å²) >= 11 is 0. The molecule has 1 amide bonds. The summed E-state index contributed by atoms with van der Waals surface area (Å²) in [5, 5.41) is 16.0. The molecule has 0 aliphatic rings. The molecule has 0 bridgehead atoms. The number of aryl methyl sites for hydroxylation is 1. The molecule has 3 rings (SSSR count). The van der Waals surface area contributed by atoms with Crippen molar-refractivity contribution >= 4 is 11.6 Å². The van der Waals surface area contributed by atoms with Crippen LogP contribution in [0.2, 0.25) is 0 Å². The number of benzene rings is 1. The number of rotatable bonds is 5. The highest BCUT2D eigenvalue weighted by Crippen LogP contribution is 2.22. The van der Waals surface area contributed by atoms with Gasteiger partial charge in [0.15, 0.2) is 5.76 Å². The quantitative estimate of drug-likeness (QED) is 0.702. The first-order chi connectivity index (χ1) is 10.7. The SMILES string of the molecule is O=C(CCc1nc(-c2ccco2)no1)Nc1ccccc1O. The van der Waals surface area contributed by atoms with Crippen LogP contribution >= 0.6 is 0 Å². The lowest BCUT2D eigenvalue weighted by Gasteiger charge is -2.05. The van der Waals surface area contributed by atoms with E-state index in [0.29, 0.717) is 29.6 Å². The van der Waals surface area contributed by atoms with Crippen molar-refractivity contribution in [3.8, 4) is 17.3 Å². The minimum Gasteiger partial charge on any atom is -0.506 e. The Morgan fingerprint density at radius 2 is 2.09 bits per heavy atom. The molecule has 7 nitrogen and oxygen atoms in total. The lowest BCUT2D eigenvalue weighted by Crippen LogP contribution is -2.12. The average Bonchev–Trinajstić information content (AvgIpc) is 3.18. The molecular weight excluding hydrogens is 286 g/mol. The highest BCUT2D eigenvalue weighted by atomic mass is 16.5. The monoisotopic (exact) mass is 299 g/mol. The number of nitrogens with one attached hydrogen (secondary N) is 1. The number of carbonyl (C=O) groups is 1. The van der Waals surface area contributed by atoms with Crippen LogP contribution in [0.25, 0.3) is 11.6 Å². The first kappa shape index (κ1) is 13.9. The molecule has 2 N–H and O–H groups in total. The van der Waals surface area contributed by atoms with Crippen LogP contribution < -0.4 is 5.32 Å². The third kappa shape index (κ3) is 3.14. The van der Waals surface area contributed by atoms with E-state index in [1.807, 2.05) is 0 Å². The molecule has 0 radical (unpaired) electrons. The van der Waals surface area contributed by atoms with E-state index >= 15 is 0 Å². The van der Waals surface area contributed by atoms with Gasteiger partial charge in [-0.15, -0.1) is 0 Å². The molecule has 2 aromatic heterocycles. The fraction of sp³-hybridized carbons (Fsp3) is 0.133. The van der Waals surface area contributed by atoms with E-state index < -0.39 is 0 Å².